The Kier molecular flexibility index (Phi) is 4.15. The molecule has 3 heteroatoms. The number of aldehydes is 1. The first-order valence-electron chi connectivity index (χ1n) is 6.44. The molecule has 0 aromatic heterocycles. The first-order valence-corrected chi connectivity index (χ1v) is 6.81. The van der Waals surface area contributed by atoms with Crippen LogP contribution < -0.4 is 4.74 Å². The van der Waals surface area contributed by atoms with Gasteiger partial charge in [0.2, 0.25) is 0 Å². The molecule has 0 spiro atoms. The minimum Gasteiger partial charge on any atom is -0.455 e. The van der Waals surface area contributed by atoms with Gasteiger partial charge in [0.15, 0.2) is 0 Å². The third kappa shape index (κ3) is 3.20. The van der Waals surface area contributed by atoms with Crippen LogP contribution in [0.2, 0.25) is 5.02 Å². The smallest absolute Gasteiger partial charge is 0.150 e. The van der Waals surface area contributed by atoms with Crippen molar-refractivity contribution < 1.29 is 9.53 Å². The van der Waals surface area contributed by atoms with Crippen LogP contribution in [0.1, 0.15) is 36.7 Å². The van der Waals surface area contributed by atoms with Gasteiger partial charge in [0.05, 0.1) is 5.02 Å². The minimum atomic E-state index is -0.0220. The highest BCUT2D eigenvalue weighted by atomic mass is 35.5. The molecule has 0 saturated carbocycles. The van der Waals surface area contributed by atoms with Crippen molar-refractivity contribution in [3.8, 4) is 11.5 Å². The molecular weight excluding hydrogens is 272 g/mol. The molecule has 2 aromatic rings. The highest BCUT2D eigenvalue weighted by Gasteiger charge is 2.19. The molecule has 0 heterocycles. The molecule has 0 fully saturated rings. The Balaban J connectivity index is 2.38. The first-order chi connectivity index (χ1) is 9.41. The van der Waals surface area contributed by atoms with E-state index in [1.165, 1.54) is 0 Å². The van der Waals surface area contributed by atoms with Crippen LogP contribution in [0, 0.1) is 0 Å². The number of ether oxygens (including phenoxy) is 1. The van der Waals surface area contributed by atoms with E-state index >= 15 is 0 Å². The molecule has 0 N–H and O–H groups in total. The van der Waals surface area contributed by atoms with E-state index < -0.39 is 0 Å². The quantitative estimate of drug-likeness (QED) is 0.722. The van der Waals surface area contributed by atoms with Gasteiger partial charge in [0.1, 0.15) is 17.8 Å². The second-order valence-corrected chi connectivity index (χ2v) is 6.06. The van der Waals surface area contributed by atoms with E-state index in [4.69, 9.17) is 16.3 Å². The average molecular weight is 289 g/mol. The number of benzene rings is 2. The van der Waals surface area contributed by atoms with Gasteiger partial charge in [-0.3, -0.25) is 4.79 Å². The molecule has 0 atom stereocenters. The SMILES string of the molecule is CC(C)(C)c1ccccc1Oc1ccc(C=O)cc1Cl. The van der Waals surface area contributed by atoms with Crippen LogP contribution in [0.4, 0.5) is 0 Å². The van der Waals surface area contributed by atoms with Crippen LogP contribution in [0.25, 0.3) is 0 Å². The zero-order valence-corrected chi connectivity index (χ0v) is 12.6. The molecule has 0 aliphatic carbocycles. The molecule has 0 aliphatic rings. The van der Waals surface area contributed by atoms with E-state index in [0.29, 0.717) is 16.3 Å². The lowest BCUT2D eigenvalue weighted by Gasteiger charge is -2.22. The number of rotatable bonds is 3. The first kappa shape index (κ1) is 14.6. The van der Waals surface area contributed by atoms with Crippen molar-refractivity contribution in [2.75, 3.05) is 0 Å². The summed E-state index contributed by atoms with van der Waals surface area (Å²) in [5, 5.41) is 0.429. The number of carbonyl (C=O) groups is 1. The molecule has 0 amide bonds. The maximum absolute atomic E-state index is 10.7. The zero-order chi connectivity index (χ0) is 14.8. The van der Waals surface area contributed by atoms with E-state index in [9.17, 15) is 4.79 Å². The van der Waals surface area contributed by atoms with E-state index in [-0.39, 0.29) is 5.41 Å². The molecule has 2 aromatic carbocycles. The average Bonchev–Trinajstić information content (AvgIpc) is 2.40. The highest BCUT2D eigenvalue weighted by Crippen LogP contribution is 2.36. The van der Waals surface area contributed by atoms with Crippen molar-refractivity contribution in [3.63, 3.8) is 0 Å². The second kappa shape index (κ2) is 5.68. The fourth-order valence-corrected chi connectivity index (χ4v) is 2.19. The summed E-state index contributed by atoms with van der Waals surface area (Å²) in [6, 6.07) is 12.9. The van der Waals surface area contributed by atoms with Gasteiger partial charge in [0, 0.05) is 11.1 Å². The molecule has 20 heavy (non-hydrogen) atoms. The van der Waals surface area contributed by atoms with Crippen molar-refractivity contribution in [2.24, 2.45) is 0 Å². The Bertz CT molecular complexity index is 627. The fraction of sp³-hybridized carbons (Fsp3) is 0.235. The molecule has 0 aliphatic heterocycles. The predicted octanol–water partition coefficient (Wildman–Crippen LogP) is 5.24. The summed E-state index contributed by atoms with van der Waals surface area (Å²) in [7, 11) is 0. The van der Waals surface area contributed by atoms with Gasteiger partial charge in [-0.2, -0.15) is 0 Å². The van der Waals surface area contributed by atoms with Crippen LogP contribution >= 0.6 is 11.6 Å². The van der Waals surface area contributed by atoms with Gasteiger partial charge in [-0.05, 0) is 29.7 Å². The number of para-hydroxylation sites is 1. The van der Waals surface area contributed by atoms with Crippen LogP contribution in [0.5, 0.6) is 11.5 Å². The van der Waals surface area contributed by atoms with E-state index in [0.717, 1.165) is 17.6 Å². The van der Waals surface area contributed by atoms with Gasteiger partial charge in [-0.1, -0.05) is 50.6 Å². The van der Waals surface area contributed by atoms with E-state index in [2.05, 4.69) is 20.8 Å². The fourth-order valence-electron chi connectivity index (χ4n) is 1.97. The summed E-state index contributed by atoms with van der Waals surface area (Å²) in [5.41, 5.74) is 1.62. The molecule has 0 radical (unpaired) electrons. The van der Waals surface area contributed by atoms with Crippen molar-refractivity contribution >= 4 is 17.9 Å². The summed E-state index contributed by atoms with van der Waals surface area (Å²) in [4.78, 5) is 10.7. The van der Waals surface area contributed by atoms with Gasteiger partial charge >= 0.3 is 0 Å². The minimum absolute atomic E-state index is 0.0220. The summed E-state index contributed by atoms with van der Waals surface area (Å²) in [5.74, 6) is 1.33. The third-order valence-electron chi connectivity index (χ3n) is 3.01. The van der Waals surface area contributed by atoms with Crippen molar-refractivity contribution in [1.29, 1.82) is 0 Å². The molecule has 0 unspecified atom stereocenters. The van der Waals surface area contributed by atoms with Gasteiger partial charge in [0.25, 0.3) is 0 Å². The lowest BCUT2D eigenvalue weighted by Crippen LogP contribution is -2.12. The number of halogens is 1. The molecule has 0 bridgehead atoms. The standard InChI is InChI=1S/C17H17ClO2/c1-17(2,3)13-6-4-5-7-15(13)20-16-9-8-12(11-19)10-14(16)18/h4-11H,1-3H3. The van der Waals surface area contributed by atoms with Crippen molar-refractivity contribution in [2.45, 2.75) is 26.2 Å². The Morgan fingerprint density at radius 1 is 1.05 bits per heavy atom. The lowest BCUT2D eigenvalue weighted by molar-refractivity contribution is 0.112. The monoisotopic (exact) mass is 288 g/mol. The zero-order valence-electron chi connectivity index (χ0n) is 11.8. The van der Waals surface area contributed by atoms with Gasteiger partial charge < -0.3 is 4.74 Å². The molecule has 104 valence electrons. The largest absolute Gasteiger partial charge is 0.455 e. The Labute approximate surface area is 124 Å². The van der Waals surface area contributed by atoms with Crippen LogP contribution in [-0.2, 0) is 5.41 Å². The summed E-state index contributed by atoms with van der Waals surface area (Å²) >= 11 is 6.14. The summed E-state index contributed by atoms with van der Waals surface area (Å²) < 4.78 is 5.92. The molecular formula is C17H17ClO2. The topological polar surface area (TPSA) is 26.3 Å². The van der Waals surface area contributed by atoms with Crippen LogP contribution in [0.15, 0.2) is 42.5 Å². The Morgan fingerprint density at radius 2 is 1.75 bits per heavy atom. The molecule has 2 rings (SSSR count). The Hall–Kier alpha value is -1.80. The van der Waals surface area contributed by atoms with E-state index in [1.807, 2.05) is 24.3 Å². The maximum atomic E-state index is 10.7. The highest BCUT2D eigenvalue weighted by molar-refractivity contribution is 6.32. The second-order valence-electron chi connectivity index (χ2n) is 5.66. The van der Waals surface area contributed by atoms with Crippen LogP contribution in [-0.4, -0.2) is 6.29 Å². The summed E-state index contributed by atoms with van der Waals surface area (Å²) in [6.45, 7) is 6.39. The molecule has 0 saturated heterocycles. The number of carbonyl (C=O) groups excluding carboxylic acids is 1. The lowest BCUT2D eigenvalue weighted by atomic mass is 9.86. The Morgan fingerprint density at radius 3 is 2.35 bits per heavy atom. The summed E-state index contributed by atoms with van der Waals surface area (Å²) in [6.07, 6.45) is 0.763. The van der Waals surface area contributed by atoms with Gasteiger partial charge in [-0.25, -0.2) is 0 Å². The number of hydrogen-bond donors (Lipinski definition) is 0. The van der Waals surface area contributed by atoms with Crippen LogP contribution in [0.3, 0.4) is 0 Å². The number of hydrogen-bond acceptors (Lipinski definition) is 2. The third-order valence-corrected chi connectivity index (χ3v) is 3.30. The van der Waals surface area contributed by atoms with Crippen molar-refractivity contribution in [1.82, 2.24) is 0 Å². The predicted molar refractivity (Wildman–Crippen MR) is 82.1 cm³/mol. The van der Waals surface area contributed by atoms with Crippen molar-refractivity contribution in [3.05, 3.63) is 58.6 Å². The van der Waals surface area contributed by atoms with Gasteiger partial charge in [-0.15, -0.1) is 0 Å². The van der Waals surface area contributed by atoms with E-state index in [1.54, 1.807) is 18.2 Å². The maximum Gasteiger partial charge on any atom is 0.150 e. The normalized spacial score (nSPS) is 11.2. The molecule has 2 nitrogen and oxygen atoms in total.